The van der Waals surface area contributed by atoms with Gasteiger partial charge in [0.05, 0.1) is 18.1 Å². The maximum Gasteiger partial charge on any atom is 0.228 e. The van der Waals surface area contributed by atoms with Gasteiger partial charge in [-0.2, -0.15) is 0 Å². The summed E-state index contributed by atoms with van der Waals surface area (Å²) in [5.74, 6) is 0.848. The second kappa shape index (κ2) is 6.53. The minimum absolute atomic E-state index is 0.00933. The summed E-state index contributed by atoms with van der Waals surface area (Å²) in [6, 6.07) is 0. The average molecular weight is 256 g/mol. The normalized spacial score (nSPS) is 33.4. The van der Waals surface area contributed by atoms with Gasteiger partial charge < -0.3 is 15.4 Å². The summed E-state index contributed by atoms with van der Waals surface area (Å²) in [5.41, 5.74) is 5.64. The summed E-state index contributed by atoms with van der Waals surface area (Å²) in [4.78, 5) is 14.5. The minimum atomic E-state index is -0.00933. The second-order valence-electron chi connectivity index (χ2n) is 5.65. The van der Waals surface area contributed by atoms with Crippen molar-refractivity contribution in [2.75, 3.05) is 19.6 Å². The molecule has 5 atom stereocenters. The van der Waals surface area contributed by atoms with E-state index in [4.69, 9.17) is 10.5 Å². The minimum Gasteiger partial charge on any atom is -0.374 e. The fraction of sp³-hybridized carbons (Fsp3) is 0.929. The largest absolute Gasteiger partial charge is 0.374 e. The molecule has 0 aromatic rings. The number of nitrogens with two attached hydrogens (primary N) is 1. The lowest BCUT2D eigenvalue weighted by Crippen LogP contribution is -2.43. The molecule has 1 rings (SSSR count). The highest BCUT2D eigenvalue weighted by Crippen LogP contribution is 2.33. The third kappa shape index (κ3) is 3.23. The van der Waals surface area contributed by atoms with Gasteiger partial charge in [0.1, 0.15) is 0 Å². The Kier molecular flexibility index (Phi) is 5.60. The van der Waals surface area contributed by atoms with Crippen molar-refractivity contribution >= 4 is 5.91 Å². The number of nitrogens with zero attached hydrogens (tertiary/aromatic N) is 1. The lowest BCUT2D eigenvalue weighted by atomic mass is 9.88. The molecular weight excluding hydrogens is 228 g/mol. The zero-order chi connectivity index (χ0) is 13.9. The van der Waals surface area contributed by atoms with Crippen molar-refractivity contribution in [3.63, 3.8) is 0 Å². The highest BCUT2D eigenvalue weighted by Gasteiger charge is 2.43. The van der Waals surface area contributed by atoms with Gasteiger partial charge >= 0.3 is 0 Å². The molecule has 0 aromatic carbocycles. The first-order valence-electron chi connectivity index (χ1n) is 7.06. The molecule has 0 radical (unpaired) electrons. The van der Waals surface area contributed by atoms with E-state index >= 15 is 0 Å². The molecular formula is C14H28N2O2. The molecule has 1 amide bonds. The van der Waals surface area contributed by atoms with Gasteiger partial charge in [0.15, 0.2) is 0 Å². The number of amides is 1. The van der Waals surface area contributed by atoms with E-state index in [1.807, 2.05) is 25.7 Å². The molecule has 0 aromatic heterocycles. The van der Waals surface area contributed by atoms with Crippen LogP contribution >= 0.6 is 0 Å². The summed E-state index contributed by atoms with van der Waals surface area (Å²) in [7, 11) is 0. The molecule has 0 spiro atoms. The van der Waals surface area contributed by atoms with E-state index in [1.54, 1.807) is 0 Å². The molecule has 1 aliphatic heterocycles. The summed E-state index contributed by atoms with van der Waals surface area (Å²) in [6.45, 7) is 12.4. The fourth-order valence-corrected chi connectivity index (χ4v) is 2.73. The number of hydrogen-bond acceptors (Lipinski definition) is 3. The van der Waals surface area contributed by atoms with Gasteiger partial charge in [-0.15, -0.1) is 0 Å². The highest BCUT2D eigenvalue weighted by molar-refractivity contribution is 5.80. The van der Waals surface area contributed by atoms with Crippen LogP contribution in [0.5, 0.6) is 0 Å². The van der Waals surface area contributed by atoms with Crippen molar-refractivity contribution in [1.82, 2.24) is 4.90 Å². The van der Waals surface area contributed by atoms with Crippen LogP contribution in [0.15, 0.2) is 0 Å². The Morgan fingerprint density at radius 1 is 1.33 bits per heavy atom. The smallest absolute Gasteiger partial charge is 0.228 e. The molecule has 1 heterocycles. The second-order valence-corrected chi connectivity index (χ2v) is 5.65. The Morgan fingerprint density at radius 2 is 1.94 bits per heavy atom. The van der Waals surface area contributed by atoms with Crippen LogP contribution in [-0.4, -0.2) is 42.6 Å². The Hall–Kier alpha value is -0.610. The molecule has 0 aliphatic carbocycles. The first-order valence-corrected chi connectivity index (χ1v) is 7.06. The van der Waals surface area contributed by atoms with Crippen LogP contribution < -0.4 is 5.73 Å². The van der Waals surface area contributed by atoms with Crippen molar-refractivity contribution in [2.24, 2.45) is 23.5 Å². The molecule has 5 unspecified atom stereocenters. The Labute approximate surface area is 111 Å². The Morgan fingerprint density at radius 3 is 2.33 bits per heavy atom. The zero-order valence-corrected chi connectivity index (χ0v) is 12.3. The lowest BCUT2D eigenvalue weighted by molar-refractivity contribution is -0.138. The predicted molar refractivity (Wildman–Crippen MR) is 73.1 cm³/mol. The summed E-state index contributed by atoms with van der Waals surface area (Å²) < 4.78 is 5.76. The monoisotopic (exact) mass is 256 g/mol. The maximum absolute atomic E-state index is 12.6. The molecule has 1 saturated heterocycles. The Balaban J connectivity index is 2.71. The molecule has 2 N–H and O–H groups in total. The number of hydrogen-bond donors (Lipinski definition) is 1. The van der Waals surface area contributed by atoms with Gasteiger partial charge in [-0.1, -0.05) is 13.8 Å². The average Bonchev–Trinajstić information content (AvgIpc) is 2.59. The van der Waals surface area contributed by atoms with Gasteiger partial charge in [-0.25, -0.2) is 0 Å². The zero-order valence-electron chi connectivity index (χ0n) is 12.3. The molecule has 18 heavy (non-hydrogen) atoms. The fourth-order valence-electron chi connectivity index (χ4n) is 2.73. The number of rotatable bonds is 5. The van der Waals surface area contributed by atoms with Crippen LogP contribution in [0.2, 0.25) is 0 Å². The third-order valence-corrected chi connectivity index (χ3v) is 4.15. The van der Waals surface area contributed by atoms with Crippen molar-refractivity contribution in [2.45, 2.75) is 46.8 Å². The van der Waals surface area contributed by atoms with Crippen LogP contribution in [0.25, 0.3) is 0 Å². The van der Waals surface area contributed by atoms with E-state index in [1.165, 1.54) is 0 Å². The molecule has 0 bridgehead atoms. The van der Waals surface area contributed by atoms with E-state index in [0.717, 1.165) is 13.1 Å². The lowest BCUT2D eigenvalue weighted by Gasteiger charge is -2.29. The quantitative estimate of drug-likeness (QED) is 0.811. The molecule has 4 nitrogen and oxygen atoms in total. The van der Waals surface area contributed by atoms with E-state index in [9.17, 15) is 4.79 Å². The van der Waals surface area contributed by atoms with Crippen molar-refractivity contribution in [3.05, 3.63) is 0 Å². The Bertz CT molecular complexity index is 283. The van der Waals surface area contributed by atoms with Crippen LogP contribution in [0.4, 0.5) is 0 Å². The molecule has 106 valence electrons. The number of carbonyl (C=O) groups is 1. The van der Waals surface area contributed by atoms with Gasteiger partial charge in [0.25, 0.3) is 0 Å². The maximum atomic E-state index is 12.6. The van der Waals surface area contributed by atoms with E-state index < -0.39 is 0 Å². The summed E-state index contributed by atoms with van der Waals surface area (Å²) >= 11 is 0. The number of ether oxygens (including phenoxy) is 1. The van der Waals surface area contributed by atoms with Gasteiger partial charge in [-0.3, -0.25) is 4.79 Å². The third-order valence-electron chi connectivity index (χ3n) is 4.15. The van der Waals surface area contributed by atoms with Gasteiger partial charge in [-0.05, 0) is 39.2 Å². The van der Waals surface area contributed by atoms with Crippen molar-refractivity contribution in [1.29, 1.82) is 0 Å². The number of carbonyl (C=O) groups excluding carboxylic acids is 1. The van der Waals surface area contributed by atoms with E-state index in [2.05, 4.69) is 13.8 Å². The standard InChI is InChI=1S/C14H28N2O2/c1-6-16(8-9(2)7-15)14(17)13-10(3)11(4)18-12(13)5/h9-13H,6-8,15H2,1-5H3. The topological polar surface area (TPSA) is 55.6 Å². The molecule has 0 saturated carbocycles. The first kappa shape index (κ1) is 15.4. The highest BCUT2D eigenvalue weighted by atomic mass is 16.5. The van der Waals surface area contributed by atoms with E-state index in [-0.39, 0.29) is 30.0 Å². The molecule has 1 fully saturated rings. The first-order chi connectivity index (χ1) is 8.42. The van der Waals surface area contributed by atoms with Gasteiger partial charge in [0, 0.05) is 13.1 Å². The molecule has 4 heteroatoms. The van der Waals surface area contributed by atoms with Crippen LogP contribution in [-0.2, 0) is 9.53 Å². The van der Waals surface area contributed by atoms with E-state index in [0.29, 0.717) is 12.5 Å². The van der Waals surface area contributed by atoms with Crippen LogP contribution in [0, 0.1) is 17.8 Å². The van der Waals surface area contributed by atoms with Crippen molar-refractivity contribution in [3.8, 4) is 0 Å². The SMILES string of the molecule is CCN(CC(C)CN)C(=O)C1C(C)OC(C)C1C. The van der Waals surface area contributed by atoms with Crippen LogP contribution in [0.3, 0.4) is 0 Å². The summed E-state index contributed by atoms with van der Waals surface area (Å²) in [6.07, 6.45) is 0.185. The van der Waals surface area contributed by atoms with Gasteiger partial charge in [0.2, 0.25) is 5.91 Å². The summed E-state index contributed by atoms with van der Waals surface area (Å²) in [5, 5.41) is 0. The predicted octanol–water partition coefficient (Wildman–Crippen LogP) is 1.49. The molecule has 1 aliphatic rings. The van der Waals surface area contributed by atoms with Crippen LogP contribution in [0.1, 0.15) is 34.6 Å². The van der Waals surface area contributed by atoms with Crippen molar-refractivity contribution < 1.29 is 9.53 Å².